The molecule has 148 valence electrons. The van der Waals surface area contributed by atoms with Crippen LogP contribution in [0.15, 0.2) is 33.9 Å². The van der Waals surface area contributed by atoms with Gasteiger partial charge in [0, 0.05) is 19.5 Å². The number of hydrogen-bond donors (Lipinski definition) is 0. The van der Waals surface area contributed by atoms with Crippen molar-refractivity contribution in [1.29, 1.82) is 0 Å². The lowest BCUT2D eigenvalue weighted by atomic mass is 10.2. The third-order valence-electron chi connectivity index (χ3n) is 4.51. The molecule has 0 bridgehead atoms. The molecular formula is C19H24N6O2S. The molecule has 3 heterocycles. The number of anilines is 1. The molecule has 0 amide bonds. The van der Waals surface area contributed by atoms with Gasteiger partial charge in [-0.25, -0.2) is 0 Å². The molecule has 4 rings (SSSR count). The maximum atomic E-state index is 5.48. The average molecular weight is 401 g/mol. The van der Waals surface area contributed by atoms with Gasteiger partial charge in [0.2, 0.25) is 11.8 Å². The Morgan fingerprint density at radius 1 is 1.11 bits per heavy atom. The van der Waals surface area contributed by atoms with Crippen LogP contribution in [-0.4, -0.2) is 51.2 Å². The van der Waals surface area contributed by atoms with Gasteiger partial charge in [-0.05, 0) is 25.5 Å². The van der Waals surface area contributed by atoms with E-state index in [0.29, 0.717) is 24.9 Å². The van der Waals surface area contributed by atoms with E-state index in [9.17, 15) is 0 Å². The van der Waals surface area contributed by atoms with Crippen LogP contribution >= 0.6 is 11.8 Å². The number of benzene rings is 1. The van der Waals surface area contributed by atoms with Gasteiger partial charge in [0.05, 0.1) is 24.7 Å². The first-order valence-electron chi connectivity index (χ1n) is 9.54. The Labute approximate surface area is 168 Å². The fourth-order valence-electron chi connectivity index (χ4n) is 3.04. The molecular weight excluding hydrogens is 376 g/mol. The number of hydrogen-bond acceptors (Lipinski definition) is 8. The van der Waals surface area contributed by atoms with E-state index in [4.69, 9.17) is 9.26 Å². The van der Waals surface area contributed by atoms with Gasteiger partial charge in [0.25, 0.3) is 0 Å². The smallest absolute Gasteiger partial charge is 0.237 e. The monoisotopic (exact) mass is 400 g/mol. The Morgan fingerprint density at radius 2 is 1.89 bits per heavy atom. The highest BCUT2D eigenvalue weighted by Crippen LogP contribution is 2.29. The Kier molecular flexibility index (Phi) is 5.92. The normalized spacial score (nSPS) is 14.6. The second-order valence-corrected chi connectivity index (χ2v) is 7.64. The average Bonchev–Trinajstić information content (AvgIpc) is 3.35. The third kappa shape index (κ3) is 4.20. The molecule has 9 heteroatoms. The Morgan fingerprint density at radius 3 is 2.64 bits per heavy atom. The van der Waals surface area contributed by atoms with Crippen molar-refractivity contribution in [3.63, 3.8) is 0 Å². The first-order chi connectivity index (χ1) is 13.7. The van der Waals surface area contributed by atoms with Crippen LogP contribution in [-0.2, 0) is 16.9 Å². The summed E-state index contributed by atoms with van der Waals surface area (Å²) in [5.74, 6) is 2.77. The van der Waals surface area contributed by atoms with Gasteiger partial charge >= 0.3 is 0 Å². The molecule has 2 aromatic heterocycles. The number of rotatable bonds is 7. The molecule has 0 spiro atoms. The second-order valence-electron chi connectivity index (χ2n) is 6.70. The van der Waals surface area contributed by atoms with Crippen molar-refractivity contribution >= 4 is 17.7 Å². The first-order valence-corrected chi connectivity index (χ1v) is 10.5. The van der Waals surface area contributed by atoms with Crippen molar-refractivity contribution in [3.05, 3.63) is 41.5 Å². The predicted octanol–water partition coefficient (Wildman–Crippen LogP) is 3.04. The lowest BCUT2D eigenvalue weighted by molar-refractivity contribution is 0.122. The van der Waals surface area contributed by atoms with Gasteiger partial charge in [-0.1, -0.05) is 41.5 Å². The molecule has 1 aliphatic heterocycles. The van der Waals surface area contributed by atoms with Crippen LogP contribution in [0, 0.1) is 6.92 Å². The van der Waals surface area contributed by atoms with Gasteiger partial charge in [-0.3, -0.25) is 4.57 Å². The van der Waals surface area contributed by atoms with Crippen molar-refractivity contribution in [3.8, 4) is 5.69 Å². The molecule has 0 unspecified atom stereocenters. The van der Waals surface area contributed by atoms with Gasteiger partial charge in [0.15, 0.2) is 11.0 Å². The Bertz CT molecular complexity index is 902. The summed E-state index contributed by atoms with van der Waals surface area (Å²) in [6.45, 7) is 7.19. The number of aryl methyl sites for hydroxylation is 2. The lowest BCUT2D eigenvalue weighted by Gasteiger charge is -2.27. The zero-order chi connectivity index (χ0) is 19.3. The minimum atomic E-state index is 0.559. The largest absolute Gasteiger partial charge is 0.378 e. The molecule has 0 saturated carbocycles. The van der Waals surface area contributed by atoms with E-state index < -0.39 is 0 Å². The van der Waals surface area contributed by atoms with E-state index in [-0.39, 0.29) is 0 Å². The van der Waals surface area contributed by atoms with E-state index in [1.807, 2.05) is 0 Å². The Balaban J connectivity index is 1.60. The number of ether oxygens (including phenoxy) is 1. The summed E-state index contributed by atoms with van der Waals surface area (Å²) in [5.41, 5.74) is 2.25. The highest BCUT2D eigenvalue weighted by Gasteiger charge is 2.22. The van der Waals surface area contributed by atoms with E-state index in [1.54, 1.807) is 11.8 Å². The van der Waals surface area contributed by atoms with Crippen LogP contribution in [0.5, 0.6) is 0 Å². The van der Waals surface area contributed by atoms with Crippen LogP contribution in [0.4, 0.5) is 5.95 Å². The van der Waals surface area contributed by atoms with Gasteiger partial charge in [-0.15, -0.1) is 10.2 Å². The van der Waals surface area contributed by atoms with Crippen LogP contribution in [0.25, 0.3) is 5.69 Å². The molecule has 0 radical (unpaired) electrons. The van der Waals surface area contributed by atoms with Gasteiger partial charge in [-0.2, -0.15) is 4.98 Å². The first kappa shape index (κ1) is 18.9. The van der Waals surface area contributed by atoms with E-state index in [2.05, 4.69) is 67.9 Å². The number of aromatic nitrogens is 5. The molecule has 3 aromatic rings. The summed E-state index contributed by atoms with van der Waals surface area (Å²) in [6.07, 6.45) is 1.83. The summed E-state index contributed by atoms with van der Waals surface area (Å²) >= 11 is 1.55. The van der Waals surface area contributed by atoms with Crippen LogP contribution in [0.2, 0.25) is 0 Å². The number of nitrogens with zero attached hydrogens (tertiary/aromatic N) is 6. The molecule has 1 saturated heterocycles. The van der Waals surface area contributed by atoms with Crippen molar-refractivity contribution in [2.24, 2.45) is 0 Å². The molecule has 0 atom stereocenters. The van der Waals surface area contributed by atoms with Gasteiger partial charge < -0.3 is 14.2 Å². The second kappa shape index (κ2) is 8.74. The standard InChI is InChI=1S/C19H24N6O2S/c1-3-4-16-20-17(27-23-16)13-28-19-22-21-18(24-9-11-26-12-10-24)25(19)15-7-5-14(2)6-8-15/h5-8H,3-4,9-13H2,1-2H3. The third-order valence-corrected chi connectivity index (χ3v) is 5.42. The van der Waals surface area contributed by atoms with Gasteiger partial charge in [0.1, 0.15) is 0 Å². The number of thioether (sulfide) groups is 1. The van der Waals surface area contributed by atoms with E-state index in [1.165, 1.54) is 5.56 Å². The summed E-state index contributed by atoms with van der Waals surface area (Å²) < 4.78 is 12.9. The summed E-state index contributed by atoms with van der Waals surface area (Å²) in [5, 5.41) is 13.8. The van der Waals surface area contributed by atoms with Crippen molar-refractivity contribution < 1.29 is 9.26 Å². The molecule has 0 aliphatic carbocycles. The maximum absolute atomic E-state index is 5.48. The zero-order valence-corrected chi connectivity index (χ0v) is 17.0. The summed E-state index contributed by atoms with van der Waals surface area (Å²) in [6, 6.07) is 8.39. The fraction of sp³-hybridized carbons (Fsp3) is 0.474. The molecule has 0 N–H and O–H groups in total. The quantitative estimate of drug-likeness (QED) is 0.560. The van der Waals surface area contributed by atoms with Crippen molar-refractivity contribution in [2.45, 2.75) is 37.6 Å². The maximum Gasteiger partial charge on any atom is 0.237 e. The minimum Gasteiger partial charge on any atom is -0.378 e. The highest BCUT2D eigenvalue weighted by molar-refractivity contribution is 7.98. The molecule has 28 heavy (non-hydrogen) atoms. The SMILES string of the molecule is CCCc1noc(CSc2nnc(N3CCOCC3)n2-c2ccc(C)cc2)n1. The summed E-state index contributed by atoms with van der Waals surface area (Å²) in [4.78, 5) is 6.66. The topological polar surface area (TPSA) is 82.1 Å². The lowest BCUT2D eigenvalue weighted by Crippen LogP contribution is -2.37. The van der Waals surface area contributed by atoms with Crippen LogP contribution in [0.3, 0.4) is 0 Å². The summed E-state index contributed by atoms with van der Waals surface area (Å²) in [7, 11) is 0. The Hall–Kier alpha value is -2.39. The minimum absolute atomic E-state index is 0.559. The van der Waals surface area contributed by atoms with Crippen LogP contribution in [0.1, 0.15) is 30.6 Å². The highest BCUT2D eigenvalue weighted by atomic mass is 32.2. The molecule has 8 nitrogen and oxygen atoms in total. The number of morpholine rings is 1. The molecule has 1 fully saturated rings. The van der Waals surface area contributed by atoms with Crippen molar-refractivity contribution in [1.82, 2.24) is 24.9 Å². The van der Waals surface area contributed by atoms with Crippen molar-refractivity contribution in [2.75, 3.05) is 31.2 Å². The van der Waals surface area contributed by atoms with E-state index in [0.717, 1.165) is 48.5 Å². The predicted molar refractivity (Wildman–Crippen MR) is 107 cm³/mol. The molecule has 1 aliphatic rings. The fourth-order valence-corrected chi connectivity index (χ4v) is 3.83. The van der Waals surface area contributed by atoms with E-state index >= 15 is 0 Å². The zero-order valence-electron chi connectivity index (χ0n) is 16.2. The van der Waals surface area contributed by atoms with Crippen LogP contribution < -0.4 is 4.90 Å². The molecule has 1 aromatic carbocycles.